The van der Waals surface area contributed by atoms with Gasteiger partial charge in [0.15, 0.2) is 0 Å². The smallest absolute Gasteiger partial charge is 0.243 e. The second-order valence-corrected chi connectivity index (χ2v) is 8.79. The molecule has 0 spiro atoms. The highest BCUT2D eigenvalue weighted by Gasteiger charge is 2.29. The number of amides is 1. The second-order valence-electron chi connectivity index (χ2n) is 6.85. The number of fused-ring (bicyclic) bond motifs is 1. The molecular weight excluding hydrogens is 397 g/mol. The molecule has 8 nitrogen and oxygen atoms in total. The lowest BCUT2D eigenvalue weighted by atomic mass is 10.2. The molecular formula is C19H20FN5O3S. The maximum absolute atomic E-state index is 13.0. The molecule has 0 atom stereocenters. The number of benzene rings is 2. The lowest BCUT2D eigenvalue weighted by Gasteiger charge is -2.33. The molecule has 0 bridgehead atoms. The van der Waals surface area contributed by atoms with E-state index < -0.39 is 15.8 Å². The van der Waals surface area contributed by atoms with Crippen molar-refractivity contribution < 1.29 is 17.6 Å². The summed E-state index contributed by atoms with van der Waals surface area (Å²) in [5.41, 5.74) is 1.57. The van der Waals surface area contributed by atoms with Gasteiger partial charge in [0.1, 0.15) is 5.82 Å². The molecule has 1 amide bonds. The standard InChI is InChI=1S/C19H20FN5O3S/c20-15-1-4-17(5-2-15)29(27,28)25-9-7-24(8-10-25)13-19(26)22-16-3-6-18-14(11-16)12-21-23-18/h1-6,11-12H,7-10,13H2,(H,21,23)(H,22,26). The van der Waals surface area contributed by atoms with Crippen LogP contribution in [0.2, 0.25) is 0 Å². The number of aromatic nitrogens is 2. The third-order valence-corrected chi connectivity index (χ3v) is 6.79. The fourth-order valence-electron chi connectivity index (χ4n) is 3.31. The molecule has 1 aliphatic heterocycles. The Kier molecular flexibility index (Phi) is 5.31. The summed E-state index contributed by atoms with van der Waals surface area (Å²) in [6.07, 6.45) is 1.69. The highest BCUT2D eigenvalue weighted by atomic mass is 32.2. The molecule has 1 aliphatic rings. The van der Waals surface area contributed by atoms with Crippen LogP contribution in [0.15, 0.2) is 53.6 Å². The van der Waals surface area contributed by atoms with Gasteiger partial charge < -0.3 is 5.32 Å². The van der Waals surface area contributed by atoms with Gasteiger partial charge in [-0.3, -0.25) is 14.8 Å². The molecule has 0 aliphatic carbocycles. The number of H-pyrrole nitrogens is 1. The summed E-state index contributed by atoms with van der Waals surface area (Å²) >= 11 is 0. The largest absolute Gasteiger partial charge is 0.325 e. The van der Waals surface area contributed by atoms with E-state index in [0.717, 1.165) is 23.0 Å². The third kappa shape index (κ3) is 4.29. The molecule has 1 saturated heterocycles. The maximum Gasteiger partial charge on any atom is 0.243 e. The number of piperazine rings is 1. The highest BCUT2D eigenvalue weighted by Crippen LogP contribution is 2.19. The van der Waals surface area contributed by atoms with Crippen molar-refractivity contribution in [2.75, 3.05) is 38.0 Å². The zero-order valence-electron chi connectivity index (χ0n) is 15.5. The number of hydrogen-bond donors (Lipinski definition) is 2. The molecule has 29 heavy (non-hydrogen) atoms. The average molecular weight is 417 g/mol. The predicted molar refractivity (Wildman–Crippen MR) is 106 cm³/mol. The SMILES string of the molecule is O=C(CN1CCN(S(=O)(=O)c2ccc(F)cc2)CC1)Nc1ccc2[nH]ncc2c1. The molecule has 10 heteroatoms. The van der Waals surface area contributed by atoms with Crippen molar-refractivity contribution in [3.63, 3.8) is 0 Å². The Morgan fingerprint density at radius 3 is 2.55 bits per heavy atom. The highest BCUT2D eigenvalue weighted by molar-refractivity contribution is 7.89. The van der Waals surface area contributed by atoms with Crippen LogP contribution in [-0.4, -0.2) is 66.5 Å². The van der Waals surface area contributed by atoms with Gasteiger partial charge in [-0.1, -0.05) is 0 Å². The number of hydrogen-bond acceptors (Lipinski definition) is 5. The monoisotopic (exact) mass is 417 g/mol. The van der Waals surface area contributed by atoms with E-state index in [4.69, 9.17) is 0 Å². The van der Waals surface area contributed by atoms with Gasteiger partial charge >= 0.3 is 0 Å². The van der Waals surface area contributed by atoms with Gasteiger partial charge in [0, 0.05) is 37.3 Å². The van der Waals surface area contributed by atoms with Gasteiger partial charge in [0.25, 0.3) is 0 Å². The van der Waals surface area contributed by atoms with Gasteiger partial charge in [0.2, 0.25) is 15.9 Å². The van der Waals surface area contributed by atoms with Crippen molar-refractivity contribution in [1.82, 2.24) is 19.4 Å². The van der Waals surface area contributed by atoms with Crippen LogP contribution in [0.3, 0.4) is 0 Å². The van der Waals surface area contributed by atoms with Crippen LogP contribution in [0.4, 0.5) is 10.1 Å². The van der Waals surface area contributed by atoms with E-state index in [0.29, 0.717) is 18.8 Å². The first-order valence-electron chi connectivity index (χ1n) is 9.13. The first-order valence-corrected chi connectivity index (χ1v) is 10.6. The Hall–Kier alpha value is -2.82. The summed E-state index contributed by atoms with van der Waals surface area (Å²) in [5.74, 6) is -0.644. The molecule has 0 saturated carbocycles. The van der Waals surface area contributed by atoms with Crippen LogP contribution in [0, 0.1) is 5.82 Å². The molecule has 4 rings (SSSR count). The summed E-state index contributed by atoms with van der Waals surface area (Å²) in [6, 6.07) is 10.3. The minimum absolute atomic E-state index is 0.0692. The third-order valence-electron chi connectivity index (χ3n) is 4.87. The second kappa shape index (κ2) is 7.90. The van der Waals surface area contributed by atoms with Crippen molar-refractivity contribution in [1.29, 1.82) is 0 Å². The summed E-state index contributed by atoms with van der Waals surface area (Å²) < 4.78 is 39.7. The average Bonchev–Trinajstić information content (AvgIpc) is 3.16. The lowest BCUT2D eigenvalue weighted by molar-refractivity contribution is -0.117. The molecule has 152 valence electrons. The molecule has 2 heterocycles. The van der Waals surface area contributed by atoms with Crippen LogP contribution in [-0.2, 0) is 14.8 Å². The van der Waals surface area contributed by atoms with Gasteiger partial charge in [0.05, 0.1) is 23.2 Å². The van der Waals surface area contributed by atoms with Gasteiger partial charge in [-0.25, -0.2) is 12.8 Å². The van der Waals surface area contributed by atoms with E-state index >= 15 is 0 Å². The number of anilines is 1. The van der Waals surface area contributed by atoms with Crippen LogP contribution in [0.5, 0.6) is 0 Å². The molecule has 3 aromatic rings. The van der Waals surface area contributed by atoms with Crippen molar-refractivity contribution in [3.05, 3.63) is 54.5 Å². The van der Waals surface area contributed by atoms with Gasteiger partial charge in [-0.2, -0.15) is 9.40 Å². The number of nitrogens with zero attached hydrogens (tertiary/aromatic N) is 3. The maximum atomic E-state index is 13.0. The van der Waals surface area contributed by atoms with E-state index in [2.05, 4.69) is 15.5 Å². The number of halogens is 1. The van der Waals surface area contributed by atoms with Crippen LogP contribution in [0.1, 0.15) is 0 Å². The Morgan fingerprint density at radius 1 is 1.10 bits per heavy atom. The van der Waals surface area contributed by atoms with E-state index in [1.807, 2.05) is 17.0 Å². The molecule has 2 aromatic carbocycles. The molecule has 1 aromatic heterocycles. The minimum atomic E-state index is -3.66. The Bertz CT molecular complexity index is 1120. The Morgan fingerprint density at radius 2 is 1.83 bits per heavy atom. The normalized spacial score (nSPS) is 16.2. The van der Waals surface area contributed by atoms with Crippen LogP contribution in [0.25, 0.3) is 10.9 Å². The number of sulfonamides is 1. The number of aromatic amines is 1. The first kappa shape index (κ1) is 19.5. The molecule has 0 unspecified atom stereocenters. The van der Waals surface area contributed by atoms with Gasteiger partial charge in [-0.05, 0) is 42.5 Å². The Labute approximate surface area is 167 Å². The fourth-order valence-corrected chi connectivity index (χ4v) is 4.73. The van der Waals surface area contributed by atoms with Crippen molar-refractivity contribution in [2.24, 2.45) is 0 Å². The van der Waals surface area contributed by atoms with E-state index in [1.165, 1.54) is 16.4 Å². The molecule has 0 radical (unpaired) electrons. The first-order chi connectivity index (χ1) is 13.9. The van der Waals surface area contributed by atoms with Crippen molar-refractivity contribution >= 4 is 32.5 Å². The summed E-state index contributed by atoms with van der Waals surface area (Å²) in [5, 5.41) is 10.6. The molecule has 1 fully saturated rings. The fraction of sp³-hybridized carbons (Fsp3) is 0.263. The number of carbonyl (C=O) groups is 1. The summed E-state index contributed by atoms with van der Waals surface area (Å²) in [7, 11) is -3.66. The van der Waals surface area contributed by atoms with Crippen LogP contribution < -0.4 is 5.32 Å². The predicted octanol–water partition coefficient (Wildman–Crippen LogP) is 1.65. The van der Waals surface area contributed by atoms with E-state index in [9.17, 15) is 17.6 Å². The number of carbonyl (C=O) groups excluding carboxylic acids is 1. The quantitative estimate of drug-likeness (QED) is 0.658. The molecule has 2 N–H and O–H groups in total. The number of rotatable bonds is 5. The zero-order chi connectivity index (χ0) is 20.4. The van der Waals surface area contributed by atoms with E-state index in [-0.39, 0.29) is 30.4 Å². The zero-order valence-corrected chi connectivity index (χ0v) is 16.3. The summed E-state index contributed by atoms with van der Waals surface area (Å²) in [4.78, 5) is 14.3. The number of nitrogens with one attached hydrogen (secondary N) is 2. The van der Waals surface area contributed by atoms with Crippen LogP contribution >= 0.6 is 0 Å². The summed E-state index contributed by atoms with van der Waals surface area (Å²) in [6.45, 7) is 1.60. The van der Waals surface area contributed by atoms with Gasteiger partial charge in [-0.15, -0.1) is 0 Å². The minimum Gasteiger partial charge on any atom is -0.325 e. The Balaban J connectivity index is 1.32. The topological polar surface area (TPSA) is 98.4 Å². The van der Waals surface area contributed by atoms with E-state index in [1.54, 1.807) is 12.3 Å². The lowest BCUT2D eigenvalue weighted by Crippen LogP contribution is -2.50. The van der Waals surface area contributed by atoms with Crippen molar-refractivity contribution in [2.45, 2.75) is 4.90 Å². The van der Waals surface area contributed by atoms with Crippen molar-refractivity contribution in [3.8, 4) is 0 Å².